The third-order valence-electron chi connectivity index (χ3n) is 1.91. The maximum Gasteiger partial charge on any atom is 0.124 e. The molecule has 2 nitrogen and oxygen atoms in total. The second kappa shape index (κ2) is 3.80. The van der Waals surface area contributed by atoms with Gasteiger partial charge in [-0.15, -0.1) is 0 Å². The molecule has 0 amide bonds. The summed E-state index contributed by atoms with van der Waals surface area (Å²) in [6, 6.07) is 10.9. The summed E-state index contributed by atoms with van der Waals surface area (Å²) in [5.41, 5.74) is 1.52. The van der Waals surface area contributed by atoms with E-state index in [9.17, 15) is 5.11 Å². The monoisotopic (exact) mass is 249 g/mol. The summed E-state index contributed by atoms with van der Waals surface area (Å²) < 4.78 is 0.927. The van der Waals surface area contributed by atoms with Crippen molar-refractivity contribution >= 4 is 15.9 Å². The van der Waals surface area contributed by atoms with E-state index in [4.69, 9.17) is 0 Å². The number of nitrogens with zero attached hydrogens (tertiary/aromatic N) is 1. The first-order chi connectivity index (χ1) is 6.77. The molecule has 2 aromatic rings. The Kier molecular flexibility index (Phi) is 2.50. The number of hydrogen-bond donors (Lipinski definition) is 1. The van der Waals surface area contributed by atoms with Crippen molar-refractivity contribution < 1.29 is 5.11 Å². The second-order valence-corrected chi connectivity index (χ2v) is 3.79. The van der Waals surface area contributed by atoms with E-state index < -0.39 is 0 Å². The van der Waals surface area contributed by atoms with Crippen LogP contribution in [0.4, 0.5) is 0 Å². The molecule has 1 aromatic carbocycles. The van der Waals surface area contributed by atoms with E-state index in [1.165, 1.54) is 0 Å². The third-order valence-corrected chi connectivity index (χ3v) is 2.38. The van der Waals surface area contributed by atoms with Crippen LogP contribution in [-0.4, -0.2) is 10.1 Å². The molecule has 0 saturated heterocycles. The average Bonchev–Trinajstić information content (AvgIpc) is 2.20. The van der Waals surface area contributed by atoms with E-state index >= 15 is 0 Å². The quantitative estimate of drug-likeness (QED) is 0.842. The number of benzene rings is 1. The van der Waals surface area contributed by atoms with E-state index in [-0.39, 0.29) is 5.75 Å². The zero-order valence-corrected chi connectivity index (χ0v) is 8.90. The minimum atomic E-state index is 0.252. The summed E-state index contributed by atoms with van der Waals surface area (Å²) in [5.74, 6) is 0.252. The first-order valence-corrected chi connectivity index (χ1v) is 4.96. The minimum absolute atomic E-state index is 0.252. The molecule has 70 valence electrons. The molecule has 0 aliphatic carbocycles. The SMILES string of the molecule is Oc1ccccc1-c1ccc(Br)cn1. The summed E-state index contributed by atoms with van der Waals surface area (Å²) >= 11 is 3.31. The number of phenols is 1. The molecule has 0 unspecified atom stereocenters. The number of aromatic nitrogens is 1. The predicted molar refractivity (Wildman–Crippen MR) is 59.0 cm³/mol. The highest BCUT2D eigenvalue weighted by atomic mass is 79.9. The molecule has 0 aliphatic rings. The standard InChI is InChI=1S/C11H8BrNO/c12-8-5-6-10(13-7-8)9-3-1-2-4-11(9)14/h1-7,14H. The van der Waals surface area contributed by atoms with Gasteiger partial charge in [-0.3, -0.25) is 4.98 Å². The highest BCUT2D eigenvalue weighted by Gasteiger charge is 2.03. The third kappa shape index (κ3) is 1.77. The van der Waals surface area contributed by atoms with Gasteiger partial charge in [0.05, 0.1) is 5.69 Å². The smallest absolute Gasteiger partial charge is 0.124 e. The zero-order chi connectivity index (χ0) is 9.97. The van der Waals surface area contributed by atoms with Crippen LogP contribution in [-0.2, 0) is 0 Å². The van der Waals surface area contributed by atoms with Crippen LogP contribution in [0.15, 0.2) is 47.1 Å². The van der Waals surface area contributed by atoms with Crippen LogP contribution in [0, 0.1) is 0 Å². The summed E-state index contributed by atoms with van der Waals surface area (Å²) in [5, 5.41) is 9.58. The number of aromatic hydroxyl groups is 1. The number of rotatable bonds is 1. The van der Waals surface area contributed by atoms with Gasteiger partial charge >= 0.3 is 0 Å². The van der Waals surface area contributed by atoms with Gasteiger partial charge in [0.1, 0.15) is 5.75 Å². The highest BCUT2D eigenvalue weighted by Crippen LogP contribution is 2.27. The minimum Gasteiger partial charge on any atom is -0.507 e. The van der Waals surface area contributed by atoms with Crippen molar-refractivity contribution in [3.05, 3.63) is 47.1 Å². The predicted octanol–water partition coefficient (Wildman–Crippen LogP) is 3.22. The maximum atomic E-state index is 9.58. The molecule has 0 radical (unpaired) electrons. The van der Waals surface area contributed by atoms with Crippen molar-refractivity contribution in [2.75, 3.05) is 0 Å². The summed E-state index contributed by atoms with van der Waals surface area (Å²) in [7, 11) is 0. The molecule has 1 heterocycles. The van der Waals surface area contributed by atoms with Gasteiger partial charge in [0.25, 0.3) is 0 Å². The van der Waals surface area contributed by atoms with Gasteiger partial charge in [-0.05, 0) is 40.2 Å². The van der Waals surface area contributed by atoms with Crippen molar-refractivity contribution in [1.29, 1.82) is 0 Å². The zero-order valence-electron chi connectivity index (χ0n) is 7.31. The highest BCUT2D eigenvalue weighted by molar-refractivity contribution is 9.10. The lowest BCUT2D eigenvalue weighted by atomic mass is 10.1. The second-order valence-electron chi connectivity index (χ2n) is 2.88. The lowest BCUT2D eigenvalue weighted by Crippen LogP contribution is -1.82. The Morgan fingerprint density at radius 3 is 2.50 bits per heavy atom. The lowest BCUT2D eigenvalue weighted by Gasteiger charge is -2.02. The lowest BCUT2D eigenvalue weighted by molar-refractivity contribution is 0.477. The van der Waals surface area contributed by atoms with Gasteiger partial charge < -0.3 is 5.11 Å². The molecular formula is C11H8BrNO. The van der Waals surface area contributed by atoms with Gasteiger partial charge in [-0.1, -0.05) is 12.1 Å². The van der Waals surface area contributed by atoms with E-state index in [1.807, 2.05) is 24.3 Å². The fraction of sp³-hybridized carbons (Fsp3) is 0. The van der Waals surface area contributed by atoms with Crippen molar-refractivity contribution in [1.82, 2.24) is 4.98 Å². The molecule has 0 saturated carbocycles. The van der Waals surface area contributed by atoms with E-state index in [0.717, 1.165) is 15.7 Å². The van der Waals surface area contributed by atoms with Crippen molar-refractivity contribution in [2.45, 2.75) is 0 Å². The molecule has 0 bridgehead atoms. The molecule has 2 rings (SSSR count). The topological polar surface area (TPSA) is 33.1 Å². The number of phenolic OH excluding ortho intramolecular Hbond substituents is 1. The Hall–Kier alpha value is -1.35. The normalized spacial score (nSPS) is 10.1. The van der Waals surface area contributed by atoms with Crippen LogP contribution in [0.1, 0.15) is 0 Å². The largest absolute Gasteiger partial charge is 0.507 e. The van der Waals surface area contributed by atoms with Crippen LogP contribution >= 0.6 is 15.9 Å². The van der Waals surface area contributed by atoms with Gasteiger partial charge in [0, 0.05) is 16.2 Å². The Bertz CT molecular complexity index is 439. The van der Waals surface area contributed by atoms with Gasteiger partial charge in [-0.2, -0.15) is 0 Å². The number of para-hydroxylation sites is 1. The molecule has 0 spiro atoms. The molecular weight excluding hydrogens is 242 g/mol. The van der Waals surface area contributed by atoms with E-state index in [2.05, 4.69) is 20.9 Å². The maximum absolute atomic E-state index is 9.58. The summed E-state index contributed by atoms with van der Waals surface area (Å²) in [6.07, 6.45) is 1.71. The molecule has 1 aromatic heterocycles. The fourth-order valence-electron chi connectivity index (χ4n) is 1.23. The molecule has 1 N–H and O–H groups in total. The van der Waals surface area contributed by atoms with Crippen molar-refractivity contribution in [3.8, 4) is 17.0 Å². The molecule has 3 heteroatoms. The van der Waals surface area contributed by atoms with Crippen LogP contribution in [0.2, 0.25) is 0 Å². The van der Waals surface area contributed by atoms with Gasteiger partial charge in [0.2, 0.25) is 0 Å². The first kappa shape index (κ1) is 9.21. The number of halogens is 1. The summed E-state index contributed by atoms with van der Waals surface area (Å²) in [4.78, 5) is 4.20. The van der Waals surface area contributed by atoms with Crippen LogP contribution in [0.5, 0.6) is 5.75 Å². The Labute approximate surface area is 90.4 Å². The summed E-state index contributed by atoms with van der Waals surface area (Å²) in [6.45, 7) is 0. The van der Waals surface area contributed by atoms with Gasteiger partial charge in [-0.25, -0.2) is 0 Å². The Morgan fingerprint density at radius 2 is 1.86 bits per heavy atom. The van der Waals surface area contributed by atoms with Crippen molar-refractivity contribution in [2.24, 2.45) is 0 Å². The fourth-order valence-corrected chi connectivity index (χ4v) is 1.46. The number of pyridine rings is 1. The van der Waals surface area contributed by atoms with Crippen molar-refractivity contribution in [3.63, 3.8) is 0 Å². The van der Waals surface area contributed by atoms with Gasteiger partial charge in [0.15, 0.2) is 0 Å². The Morgan fingerprint density at radius 1 is 1.07 bits per heavy atom. The Balaban J connectivity index is 2.50. The molecule has 0 aliphatic heterocycles. The molecule has 0 fully saturated rings. The average molecular weight is 250 g/mol. The van der Waals surface area contributed by atoms with Crippen LogP contribution in [0.3, 0.4) is 0 Å². The molecule has 0 atom stereocenters. The first-order valence-electron chi connectivity index (χ1n) is 4.17. The van der Waals surface area contributed by atoms with E-state index in [1.54, 1.807) is 18.3 Å². The van der Waals surface area contributed by atoms with Crippen LogP contribution < -0.4 is 0 Å². The van der Waals surface area contributed by atoms with Crippen LogP contribution in [0.25, 0.3) is 11.3 Å². The molecule has 14 heavy (non-hydrogen) atoms. The number of hydrogen-bond acceptors (Lipinski definition) is 2. The van der Waals surface area contributed by atoms with E-state index in [0.29, 0.717) is 0 Å².